The van der Waals surface area contributed by atoms with Gasteiger partial charge < -0.3 is 19.7 Å². The minimum Gasteiger partial charge on any atom is -0.450 e. The highest BCUT2D eigenvalue weighted by Crippen LogP contribution is 2.14. The molecule has 7 nitrogen and oxygen atoms in total. The summed E-state index contributed by atoms with van der Waals surface area (Å²) in [7, 11) is 0. The van der Waals surface area contributed by atoms with E-state index < -0.39 is 12.3 Å². The van der Waals surface area contributed by atoms with Crippen LogP contribution in [0.4, 0.5) is 9.59 Å². The molecule has 0 aliphatic carbocycles. The van der Waals surface area contributed by atoms with Gasteiger partial charge >= 0.3 is 12.3 Å². The van der Waals surface area contributed by atoms with Crippen molar-refractivity contribution in [3.05, 3.63) is 0 Å². The van der Waals surface area contributed by atoms with Crippen LogP contribution in [0.3, 0.4) is 0 Å². The summed E-state index contributed by atoms with van der Waals surface area (Å²) in [6, 6.07) is 0. The van der Waals surface area contributed by atoms with Crippen molar-refractivity contribution in [2.45, 2.75) is 0 Å². The molecule has 9 heteroatoms. The summed E-state index contributed by atoms with van der Waals surface area (Å²) in [4.78, 5) is 19.8. The zero-order chi connectivity index (χ0) is 11.5. The second-order valence-electron chi connectivity index (χ2n) is 1.94. The molecular formula is C6H10O7S2. The molecular weight excluding hydrogens is 248 g/mol. The van der Waals surface area contributed by atoms with Crippen molar-refractivity contribution in [1.29, 1.82) is 0 Å². The number of ether oxygens (including phenoxy) is 2. The largest absolute Gasteiger partial charge is 0.505 e. The fourth-order valence-electron chi connectivity index (χ4n) is 0.428. The SMILES string of the molecule is O=C(O)OCCSOSCCOC(=O)O. The Labute approximate surface area is 94.5 Å². The Morgan fingerprint density at radius 3 is 1.67 bits per heavy atom. The Hall–Kier alpha value is -0.800. The van der Waals surface area contributed by atoms with Crippen LogP contribution in [0.1, 0.15) is 0 Å². The monoisotopic (exact) mass is 258 g/mol. The van der Waals surface area contributed by atoms with E-state index in [1.165, 1.54) is 0 Å². The maximum Gasteiger partial charge on any atom is 0.505 e. The van der Waals surface area contributed by atoms with Gasteiger partial charge in [0.15, 0.2) is 0 Å². The molecule has 0 heterocycles. The molecule has 0 unspecified atom stereocenters. The van der Waals surface area contributed by atoms with Gasteiger partial charge in [-0.15, -0.1) is 0 Å². The van der Waals surface area contributed by atoms with Crippen LogP contribution in [0, 0.1) is 0 Å². The lowest BCUT2D eigenvalue weighted by Gasteiger charge is -2.01. The topological polar surface area (TPSA) is 102 Å². The van der Waals surface area contributed by atoms with E-state index in [1.807, 2.05) is 0 Å². The van der Waals surface area contributed by atoms with E-state index in [4.69, 9.17) is 13.8 Å². The zero-order valence-corrected chi connectivity index (χ0v) is 9.21. The lowest BCUT2D eigenvalue weighted by atomic mass is 10.9. The lowest BCUT2D eigenvalue weighted by Crippen LogP contribution is -2.04. The van der Waals surface area contributed by atoms with Crippen LogP contribution >= 0.6 is 24.1 Å². The van der Waals surface area contributed by atoms with E-state index >= 15 is 0 Å². The molecule has 0 saturated heterocycles. The molecule has 0 atom stereocenters. The van der Waals surface area contributed by atoms with Crippen molar-refractivity contribution in [3.8, 4) is 0 Å². The number of rotatable bonds is 8. The standard InChI is InChI=1S/C6H10O7S2/c7-5(8)11-1-3-14-13-15-4-2-12-6(9)10/h1-4H2,(H,7,8)(H,9,10). The highest BCUT2D eigenvalue weighted by molar-refractivity contribution is 8.07. The van der Waals surface area contributed by atoms with Crippen LogP contribution in [-0.2, 0) is 13.1 Å². The van der Waals surface area contributed by atoms with Gasteiger partial charge in [0.25, 0.3) is 0 Å². The maximum atomic E-state index is 9.89. The maximum absolute atomic E-state index is 9.89. The van der Waals surface area contributed by atoms with Gasteiger partial charge in [-0.2, -0.15) is 0 Å². The fraction of sp³-hybridized carbons (Fsp3) is 0.667. The predicted octanol–water partition coefficient (Wildman–Crippen LogP) is 1.69. The normalized spacial score (nSPS) is 9.60. The van der Waals surface area contributed by atoms with Crippen LogP contribution in [0.2, 0.25) is 0 Å². The zero-order valence-electron chi connectivity index (χ0n) is 7.58. The predicted molar refractivity (Wildman–Crippen MR) is 54.0 cm³/mol. The highest BCUT2D eigenvalue weighted by Gasteiger charge is 1.98. The second kappa shape index (κ2) is 9.74. The van der Waals surface area contributed by atoms with E-state index in [0.717, 1.165) is 24.1 Å². The summed E-state index contributed by atoms with van der Waals surface area (Å²) >= 11 is 2.05. The molecule has 0 aromatic rings. The van der Waals surface area contributed by atoms with Gasteiger partial charge in [-0.1, -0.05) is 0 Å². The van der Waals surface area contributed by atoms with Crippen LogP contribution in [0.25, 0.3) is 0 Å². The van der Waals surface area contributed by atoms with E-state index in [1.54, 1.807) is 0 Å². The molecule has 0 amide bonds. The third kappa shape index (κ3) is 13.2. The van der Waals surface area contributed by atoms with Crippen molar-refractivity contribution in [2.75, 3.05) is 24.7 Å². The summed E-state index contributed by atoms with van der Waals surface area (Å²) in [5.41, 5.74) is 0. The Bertz CT molecular complexity index is 178. The van der Waals surface area contributed by atoms with Crippen LogP contribution in [-0.4, -0.2) is 47.2 Å². The van der Waals surface area contributed by atoms with E-state index in [2.05, 4.69) is 9.47 Å². The molecule has 0 fully saturated rings. The van der Waals surface area contributed by atoms with Crippen molar-refractivity contribution < 1.29 is 32.9 Å². The summed E-state index contributed by atoms with van der Waals surface area (Å²) in [5.74, 6) is 0.748. The fourth-order valence-corrected chi connectivity index (χ4v) is 1.55. The van der Waals surface area contributed by atoms with Gasteiger partial charge in [0.2, 0.25) is 0 Å². The van der Waals surface area contributed by atoms with Crippen molar-refractivity contribution in [2.24, 2.45) is 0 Å². The van der Waals surface area contributed by atoms with Crippen molar-refractivity contribution in [3.63, 3.8) is 0 Å². The molecule has 2 N–H and O–H groups in total. The quantitative estimate of drug-likeness (QED) is 0.382. The first-order chi connectivity index (χ1) is 7.13. The van der Waals surface area contributed by atoms with E-state index in [-0.39, 0.29) is 13.2 Å². The minimum atomic E-state index is -1.32. The molecule has 0 aromatic carbocycles. The summed E-state index contributed by atoms with van der Waals surface area (Å²) in [5, 5.41) is 16.2. The molecule has 0 aliphatic heterocycles. The minimum absolute atomic E-state index is 0.0478. The first kappa shape index (κ1) is 14.2. The molecule has 0 radical (unpaired) electrons. The number of carbonyl (C=O) groups is 2. The lowest BCUT2D eigenvalue weighted by molar-refractivity contribution is 0.0962. The van der Waals surface area contributed by atoms with Gasteiger partial charge in [0, 0.05) is 24.1 Å². The Kier molecular flexibility index (Phi) is 9.22. The number of hydrogen-bond donors (Lipinski definition) is 2. The second-order valence-corrected chi connectivity index (χ2v) is 3.77. The van der Waals surface area contributed by atoms with Crippen LogP contribution in [0.15, 0.2) is 0 Å². The van der Waals surface area contributed by atoms with E-state index in [9.17, 15) is 9.59 Å². The third-order valence-electron chi connectivity index (χ3n) is 0.881. The Morgan fingerprint density at radius 1 is 0.933 bits per heavy atom. The molecule has 0 rings (SSSR count). The number of carboxylic acid groups (broad SMARTS) is 2. The molecule has 15 heavy (non-hydrogen) atoms. The van der Waals surface area contributed by atoms with Gasteiger partial charge in [-0.25, -0.2) is 13.2 Å². The summed E-state index contributed by atoms with van der Waals surface area (Å²) in [6.07, 6.45) is -2.64. The Balaban J connectivity index is 2.99. The average molecular weight is 258 g/mol. The molecule has 0 spiro atoms. The first-order valence-corrected chi connectivity index (χ1v) is 5.57. The Morgan fingerprint density at radius 2 is 1.33 bits per heavy atom. The smallest absolute Gasteiger partial charge is 0.450 e. The van der Waals surface area contributed by atoms with Crippen LogP contribution in [0.5, 0.6) is 0 Å². The van der Waals surface area contributed by atoms with Crippen molar-refractivity contribution >= 4 is 36.4 Å². The molecule has 88 valence electrons. The number of hydrogen-bond acceptors (Lipinski definition) is 7. The van der Waals surface area contributed by atoms with Gasteiger partial charge in [0.05, 0.1) is 11.5 Å². The van der Waals surface area contributed by atoms with Gasteiger partial charge in [-0.3, -0.25) is 0 Å². The summed E-state index contributed by atoms with van der Waals surface area (Å²) < 4.78 is 13.3. The van der Waals surface area contributed by atoms with Crippen LogP contribution < -0.4 is 0 Å². The average Bonchev–Trinajstić information content (AvgIpc) is 2.14. The molecule has 0 bridgehead atoms. The van der Waals surface area contributed by atoms with Gasteiger partial charge in [0.1, 0.15) is 13.2 Å². The first-order valence-electron chi connectivity index (χ1n) is 3.75. The highest BCUT2D eigenvalue weighted by atomic mass is 32.2. The van der Waals surface area contributed by atoms with Crippen molar-refractivity contribution in [1.82, 2.24) is 0 Å². The third-order valence-corrected chi connectivity index (χ3v) is 2.32. The van der Waals surface area contributed by atoms with E-state index in [0.29, 0.717) is 11.5 Å². The summed E-state index contributed by atoms with van der Waals surface area (Å²) in [6.45, 7) is 0.0956. The molecule has 0 aliphatic rings. The molecule has 0 aromatic heterocycles. The molecule has 0 saturated carbocycles. The van der Waals surface area contributed by atoms with Gasteiger partial charge in [-0.05, 0) is 0 Å².